The quantitative estimate of drug-likeness (QED) is 0.201. The summed E-state index contributed by atoms with van der Waals surface area (Å²) in [6.45, 7) is 17.9. The first-order valence-corrected chi connectivity index (χ1v) is 17.1. The average Bonchev–Trinajstić information content (AvgIpc) is 3.61. The van der Waals surface area contributed by atoms with E-state index in [0.29, 0.717) is 5.52 Å². The van der Waals surface area contributed by atoms with Crippen LogP contribution in [0.2, 0.25) is 0 Å². The Bertz CT molecular complexity index is 2590. The van der Waals surface area contributed by atoms with Crippen LogP contribution in [0.1, 0.15) is 63.8 Å². The van der Waals surface area contributed by atoms with E-state index >= 15 is 0 Å². The Balaban J connectivity index is 1.49. The molecule has 8 rings (SSSR count). The van der Waals surface area contributed by atoms with E-state index in [1.54, 1.807) is 6.07 Å². The van der Waals surface area contributed by atoms with Crippen molar-refractivity contribution in [2.24, 2.45) is 0 Å². The minimum Gasteiger partial charge on any atom is -0.506 e. The molecule has 3 heterocycles. The van der Waals surface area contributed by atoms with Crippen LogP contribution in [0.25, 0.3) is 72.1 Å². The van der Waals surface area contributed by atoms with Gasteiger partial charge in [0.15, 0.2) is 0 Å². The van der Waals surface area contributed by atoms with E-state index in [1.807, 2.05) is 24.3 Å². The first-order valence-electron chi connectivity index (χ1n) is 17.1. The molecule has 0 fully saturated rings. The molecular weight excluding hydrogens is 601 g/mol. The van der Waals surface area contributed by atoms with Gasteiger partial charge in [0.2, 0.25) is 0 Å². The number of nitrogens with one attached hydrogen (secondary N) is 1. The second-order valence-corrected chi connectivity index (χ2v) is 15.7. The minimum absolute atomic E-state index is 0.0310. The number of aromatic hydroxyl groups is 1. The van der Waals surface area contributed by atoms with Crippen LogP contribution in [0.4, 0.5) is 0 Å². The highest BCUT2D eigenvalue weighted by atomic mass is 16.3. The Morgan fingerprint density at radius 2 is 1.35 bits per heavy atom. The molecule has 5 heteroatoms. The van der Waals surface area contributed by atoms with Crippen molar-refractivity contribution in [3.05, 3.63) is 119 Å². The van der Waals surface area contributed by atoms with Crippen LogP contribution in [0.3, 0.4) is 0 Å². The number of phenolic OH excluding ortho intramolecular Hbond substituents is 1. The molecular formula is C44H42N4O. The highest BCUT2D eigenvalue weighted by Crippen LogP contribution is 2.42. The van der Waals surface area contributed by atoms with Gasteiger partial charge in [-0.3, -0.25) is 4.57 Å². The Morgan fingerprint density at radius 3 is 2.08 bits per heavy atom. The van der Waals surface area contributed by atoms with Gasteiger partial charge in [0.25, 0.3) is 0 Å². The molecule has 0 spiro atoms. The lowest BCUT2D eigenvalue weighted by atomic mass is 9.84. The molecule has 0 aliphatic heterocycles. The second-order valence-electron chi connectivity index (χ2n) is 15.7. The number of imidazole rings is 1. The predicted octanol–water partition coefficient (Wildman–Crippen LogP) is 11.5. The van der Waals surface area contributed by atoms with Crippen LogP contribution in [0.5, 0.6) is 5.75 Å². The van der Waals surface area contributed by atoms with Gasteiger partial charge in [0, 0.05) is 38.5 Å². The number of hydrogen-bond donors (Lipinski definition) is 2. The minimum atomic E-state index is -0.0902. The van der Waals surface area contributed by atoms with E-state index < -0.39 is 0 Å². The zero-order chi connectivity index (χ0) is 34.4. The maximum absolute atomic E-state index is 10.7. The van der Waals surface area contributed by atoms with Crippen molar-refractivity contribution >= 4 is 43.7 Å². The molecule has 3 aromatic heterocycles. The fraction of sp³-hybridized carbons (Fsp3) is 0.227. The molecule has 0 unspecified atom stereocenters. The molecule has 5 nitrogen and oxygen atoms in total. The lowest BCUT2D eigenvalue weighted by molar-refractivity contribution is 0.480. The van der Waals surface area contributed by atoms with Crippen molar-refractivity contribution in [1.82, 2.24) is 19.5 Å². The van der Waals surface area contributed by atoms with Crippen LogP contribution in [-0.2, 0) is 10.8 Å². The Hall–Kier alpha value is -5.42. The largest absolute Gasteiger partial charge is 0.506 e. The molecule has 0 radical (unpaired) electrons. The summed E-state index contributed by atoms with van der Waals surface area (Å²) in [5.74, 6) is 1.04. The van der Waals surface area contributed by atoms with Gasteiger partial charge in [-0.05, 0) is 102 Å². The van der Waals surface area contributed by atoms with E-state index in [-0.39, 0.29) is 16.6 Å². The highest BCUT2D eigenvalue weighted by molar-refractivity contribution is 6.12. The summed E-state index contributed by atoms with van der Waals surface area (Å²) in [7, 11) is 0. The molecule has 8 aromatic rings. The topological polar surface area (TPSA) is 66.7 Å². The maximum Gasteiger partial charge on any atom is 0.147 e. The summed E-state index contributed by atoms with van der Waals surface area (Å²) in [6.07, 6.45) is 0. The van der Waals surface area contributed by atoms with Gasteiger partial charge in [0.1, 0.15) is 17.1 Å². The Kier molecular flexibility index (Phi) is 6.80. The van der Waals surface area contributed by atoms with E-state index in [1.165, 1.54) is 33.0 Å². The molecule has 244 valence electrons. The number of phenols is 1. The predicted molar refractivity (Wildman–Crippen MR) is 205 cm³/mol. The van der Waals surface area contributed by atoms with Crippen LogP contribution in [0.15, 0.2) is 97.1 Å². The van der Waals surface area contributed by atoms with Crippen LogP contribution in [0, 0.1) is 13.8 Å². The zero-order valence-corrected chi connectivity index (χ0v) is 29.5. The summed E-state index contributed by atoms with van der Waals surface area (Å²) in [6, 6.07) is 34.1. The lowest BCUT2D eigenvalue weighted by Gasteiger charge is -2.21. The summed E-state index contributed by atoms with van der Waals surface area (Å²) < 4.78 is 2.31. The number of hydrogen-bond acceptors (Lipinski definition) is 3. The van der Waals surface area contributed by atoms with Gasteiger partial charge < -0.3 is 10.1 Å². The van der Waals surface area contributed by atoms with Crippen LogP contribution < -0.4 is 0 Å². The molecule has 0 atom stereocenters. The zero-order valence-electron chi connectivity index (χ0n) is 29.5. The molecule has 0 aliphatic carbocycles. The van der Waals surface area contributed by atoms with Gasteiger partial charge in [0.05, 0.1) is 22.2 Å². The number of rotatable bonds is 3. The van der Waals surface area contributed by atoms with Crippen LogP contribution in [-0.4, -0.2) is 24.6 Å². The van der Waals surface area contributed by atoms with Crippen molar-refractivity contribution in [3.8, 4) is 34.1 Å². The lowest BCUT2D eigenvalue weighted by Crippen LogP contribution is -2.11. The van der Waals surface area contributed by atoms with E-state index in [2.05, 4.69) is 132 Å². The number of para-hydroxylation sites is 2. The van der Waals surface area contributed by atoms with E-state index in [0.717, 1.165) is 55.8 Å². The first-order chi connectivity index (χ1) is 23.3. The third-order valence-corrected chi connectivity index (χ3v) is 9.81. The fourth-order valence-electron chi connectivity index (χ4n) is 7.18. The maximum atomic E-state index is 10.7. The number of H-pyrrole nitrogens is 1. The number of nitrogens with zero attached hydrogens (tertiary/aromatic N) is 3. The van der Waals surface area contributed by atoms with Crippen LogP contribution >= 0.6 is 0 Å². The SMILES string of the molecule is Cc1cc(C)cc(-n2c(-c3cc(C(C)(C)C)cc4c3[nH]c3ccc(C(C)(C)C)cc34)nc3c(-c4ccc5cccc(O)c5n4)cccc32)c1. The summed E-state index contributed by atoms with van der Waals surface area (Å²) in [5.41, 5.74) is 13.3. The summed E-state index contributed by atoms with van der Waals surface area (Å²) in [5, 5.41) is 14.0. The van der Waals surface area contributed by atoms with Gasteiger partial charge in [-0.25, -0.2) is 9.97 Å². The van der Waals surface area contributed by atoms with Crippen molar-refractivity contribution in [2.75, 3.05) is 0 Å². The Morgan fingerprint density at radius 1 is 0.633 bits per heavy atom. The number of fused-ring (bicyclic) bond motifs is 5. The number of aromatic nitrogens is 4. The van der Waals surface area contributed by atoms with Gasteiger partial charge in [-0.15, -0.1) is 0 Å². The number of aromatic amines is 1. The molecule has 0 bridgehead atoms. The normalized spacial score (nSPS) is 12.6. The smallest absolute Gasteiger partial charge is 0.147 e. The summed E-state index contributed by atoms with van der Waals surface area (Å²) >= 11 is 0. The third-order valence-electron chi connectivity index (χ3n) is 9.81. The first kappa shape index (κ1) is 30.9. The second kappa shape index (κ2) is 10.8. The number of pyridine rings is 1. The number of aryl methyl sites for hydroxylation is 2. The van der Waals surface area contributed by atoms with Crippen molar-refractivity contribution < 1.29 is 5.11 Å². The molecule has 0 aliphatic rings. The van der Waals surface area contributed by atoms with Gasteiger partial charge in [-0.2, -0.15) is 0 Å². The fourth-order valence-corrected chi connectivity index (χ4v) is 7.18. The third kappa shape index (κ3) is 5.16. The molecule has 49 heavy (non-hydrogen) atoms. The Labute approximate surface area is 287 Å². The highest BCUT2D eigenvalue weighted by Gasteiger charge is 2.25. The molecule has 0 saturated carbocycles. The molecule has 0 amide bonds. The monoisotopic (exact) mass is 642 g/mol. The molecule has 5 aromatic carbocycles. The van der Waals surface area contributed by atoms with E-state index in [4.69, 9.17) is 9.97 Å². The van der Waals surface area contributed by atoms with Gasteiger partial charge >= 0.3 is 0 Å². The standard InChI is InChI=1S/C44H42N4O/c1-25-19-26(2)21-30(20-25)48-37-13-10-12-31(35-17-15-27-11-9-14-38(49)39(27)45-35)41(37)47-42(48)34-24-29(44(6,7)8)23-33-32-22-28(43(3,4)5)16-18-36(32)46-40(33)34/h9-24,46,49H,1-8H3. The van der Waals surface area contributed by atoms with E-state index in [9.17, 15) is 5.11 Å². The van der Waals surface area contributed by atoms with Crippen molar-refractivity contribution in [2.45, 2.75) is 66.2 Å². The molecule has 0 saturated heterocycles. The summed E-state index contributed by atoms with van der Waals surface area (Å²) in [4.78, 5) is 14.3. The van der Waals surface area contributed by atoms with Crippen molar-refractivity contribution in [1.29, 1.82) is 0 Å². The average molecular weight is 643 g/mol. The number of benzene rings is 5. The van der Waals surface area contributed by atoms with Crippen molar-refractivity contribution in [3.63, 3.8) is 0 Å². The van der Waals surface area contributed by atoms with Gasteiger partial charge in [-0.1, -0.05) is 84.0 Å². The molecule has 2 N–H and O–H groups in total.